The first kappa shape index (κ1) is 16.4. The molecule has 1 saturated carbocycles. The van der Waals surface area contributed by atoms with Crippen LogP contribution in [-0.2, 0) is 0 Å². The summed E-state index contributed by atoms with van der Waals surface area (Å²) in [7, 11) is 0. The smallest absolute Gasteiger partial charge is 0.274 e. The van der Waals surface area contributed by atoms with Crippen molar-refractivity contribution in [2.75, 3.05) is 10.6 Å². The number of benzene rings is 1. The summed E-state index contributed by atoms with van der Waals surface area (Å²) < 4.78 is 0. The van der Waals surface area contributed by atoms with Gasteiger partial charge in [-0.2, -0.15) is 0 Å². The first-order valence-corrected chi connectivity index (χ1v) is 8.96. The quantitative estimate of drug-likeness (QED) is 0.747. The van der Waals surface area contributed by atoms with E-state index in [2.05, 4.69) is 25.6 Å². The third-order valence-corrected chi connectivity index (χ3v) is 4.66. The number of carbonyl (C=O) groups excluding carboxylic acids is 1. The Morgan fingerprint density at radius 3 is 2.77 bits per heavy atom. The lowest BCUT2D eigenvalue weighted by Crippen LogP contribution is -2.19. The molecule has 2 N–H and O–H groups in total. The maximum Gasteiger partial charge on any atom is 0.274 e. The number of hydrogen-bond donors (Lipinski definition) is 2. The highest BCUT2D eigenvalue weighted by molar-refractivity contribution is 6.07. The first-order chi connectivity index (χ1) is 12.7. The zero-order valence-corrected chi connectivity index (χ0v) is 14.7. The van der Waals surface area contributed by atoms with Gasteiger partial charge in [0.1, 0.15) is 17.3 Å². The van der Waals surface area contributed by atoms with Crippen LogP contribution in [0.25, 0.3) is 10.9 Å². The molecule has 1 aliphatic carbocycles. The lowest BCUT2D eigenvalue weighted by Gasteiger charge is -2.14. The molecule has 1 fully saturated rings. The first-order valence-electron chi connectivity index (χ1n) is 8.96. The van der Waals surface area contributed by atoms with E-state index >= 15 is 0 Å². The molecule has 6 heteroatoms. The van der Waals surface area contributed by atoms with E-state index in [9.17, 15) is 4.79 Å². The molecule has 2 aromatic heterocycles. The Morgan fingerprint density at radius 2 is 1.92 bits per heavy atom. The highest BCUT2D eigenvalue weighted by atomic mass is 16.1. The maximum atomic E-state index is 12.7. The second-order valence-corrected chi connectivity index (χ2v) is 6.65. The Balaban J connectivity index is 1.58. The highest BCUT2D eigenvalue weighted by Crippen LogP contribution is 2.23. The average Bonchev–Trinajstić information content (AvgIpc) is 3.14. The Kier molecular flexibility index (Phi) is 4.48. The highest BCUT2D eigenvalue weighted by Gasteiger charge is 2.17. The molecule has 1 amide bonds. The van der Waals surface area contributed by atoms with Gasteiger partial charge in [0.05, 0.1) is 11.2 Å². The van der Waals surface area contributed by atoms with Crippen LogP contribution in [0.1, 0.15) is 42.0 Å². The minimum atomic E-state index is -0.261. The van der Waals surface area contributed by atoms with Crippen molar-refractivity contribution in [1.82, 2.24) is 15.0 Å². The number of rotatable bonds is 4. The third kappa shape index (κ3) is 3.49. The van der Waals surface area contributed by atoms with E-state index in [1.807, 2.05) is 30.3 Å². The summed E-state index contributed by atoms with van der Waals surface area (Å²) >= 11 is 0. The summed E-state index contributed by atoms with van der Waals surface area (Å²) in [5, 5.41) is 7.34. The number of nitrogens with one attached hydrogen (secondary N) is 2. The summed E-state index contributed by atoms with van der Waals surface area (Å²) in [5.74, 6) is 1.03. The molecule has 132 valence electrons. The van der Waals surface area contributed by atoms with E-state index < -0.39 is 0 Å². The fourth-order valence-electron chi connectivity index (χ4n) is 3.43. The predicted molar refractivity (Wildman–Crippen MR) is 102 cm³/mol. The van der Waals surface area contributed by atoms with Crippen molar-refractivity contribution in [3.63, 3.8) is 0 Å². The molecule has 3 aromatic rings. The molecule has 2 heterocycles. The molecule has 4 rings (SSSR count). The van der Waals surface area contributed by atoms with Crippen molar-refractivity contribution in [3.8, 4) is 0 Å². The molecule has 0 aliphatic heterocycles. The number of amides is 1. The fraction of sp³-hybridized carbons (Fsp3) is 0.300. The van der Waals surface area contributed by atoms with Gasteiger partial charge in [-0.25, -0.2) is 9.97 Å². The zero-order chi connectivity index (χ0) is 17.9. The normalized spacial score (nSPS) is 14.5. The molecular weight excluding hydrogens is 326 g/mol. The number of aryl methyl sites for hydroxylation is 1. The molecule has 0 atom stereocenters. The van der Waals surface area contributed by atoms with Crippen molar-refractivity contribution >= 4 is 28.3 Å². The van der Waals surface area contributed by atoms with Crippen LogP contribution >= 0.6 is 0 Å². The third-order valence-electron chi connectivity index (χ3n) is 4.66. The van der Waals surface area contributed by atoms with Crippen molar-refractivity contribution in [3.05, 3.63) is 54.1 Å². The van der Waals surface area contributed by atoms with Crippen LogP contribution in [0.5, 0.6) is 0 Å². The molecule has 0 radical (unpaired) electrons. The Morgan fingerprint density at radius 1 is 1.12 bits per heavy atom. The largest absolute Gasteiger partial charge is 0.367 e. The van der Waals surface area contributed by atoms with Crippen LogP contribution in [-0.4, -0.2) is 26.9 Å². The van der Waals surface area contributed by atoms with Gasteiger partial charge in [0.25, 0.3) is 5.91 Å². The van der Waals surface area contributed by atoms with E-state index in [-0.39, 0.29) is 5.91 Å². The Labute approximate surface area is 152 Å². The van der Waals surface area contributed by atoms with E-state index in [4.69, 9.17) is 0 Å². The summed E-state index contributed by atoms with van der Waals surface area (Å²) in [4.78, 5) is 25.8. The van der Waals surface area contributed by atoms with Crippen LogP contribution < -0.4 is 10.6 Å². The van der Waals surface area contributed by atoms with Crippen molar-refractivity contribution in [2.45, 2.75) is 38.6 Å². The minimum Gasteiger partial charge on any atom is -0.367 e. The maximum absolute atomic E-state index is 12.7. The van der Waals surface area contributed by atoms with Crippen molar-refractivity contribution in [1.29, 1.82) is 0 Å². The SMILES string of the molecule is Cc1nc(NC2CCCC2)cc(C(=O)Nc2cccc3cccnc23)n1. The van der Waals surface area contributed by atoms with E-state index in [1.54, 1.807) is 19.2 Å². The molecule has 0 bridgehead atoms. The van der Waals surface area contributed by atoms with Gasteiger partial charge < -0.3 is 10.6 Å². The van der Waals surface area contributed by atoms with Crippen LogP contribution in [0.2, 0.25) is 0 Å². The number of carbonyl (C=O) groups is 1. The van der Waals surface area contributed by atoms with Crippen LogP contribution in [0.4, 0.5) is 11.5 Å². The second-order valence-electron chi connectivity index (χ2n) is 6.65. The van der Waals surface area contributed by atoms with E-state index in [1.165, 1.54) is 12.8 Å². The topological polar surface area (TPSA) is 79.8 Å². The lowest BCUT2D eigenvalue weighted by atomic mass is 10.2. The summed E-state index contributed by atoms with van der Waals surface area (Å²) in [5.41, 5.74) is 1.79. The van der Waals surface area contributed by atoms with Gasteiger partial charge in [0, 0.05) is 23.7 Å². The van der Waals surface area contributed by atoms with Gasteiger partial charge >= 0.3 is 0 Å². The molecule has 0 unspecified atom stereocenters. The Bertz CT molecular complexity index is 945. The monoisotopic (exact) mass is 347 g/mol. The van der Waals surface area contributed by atoms with Crippen molar-refractivity contribution < 1.29 is 4.79 Å². The molecule has 0 spiro atoms. The summed E-state index contributed by atoms with van der Waals surface area (Å²) in [6.45, 7) is 1.80. The number of hydrogen-bond acceptors (Lipinski definition) is 5. The Hall–Kier alpha value is -3.02. The van der Waals surface area contributed by atoms with Gasteiger partial charge in [-0.1, -0.05) is 31.0 Å². The number of anilines is 2. The van der Waals surface area contributed by atoms with Crippen LogP contribution in [0.15, 0.2) is 42.6 Å². The molecule has 1 aromatic carbocycles. The lowest BCUT2D eigenvalue weighted by molar-refractivity contribution is 0.102. The number of fused-ring (bicyclic) bond motifs is 1. The van der Waals surface area contributed by atoms with E-state index in [0.717, 1.165) is 23.7 Å². The standard InChI is InChI=1S/C20H21N5O/c1-13-22-17(12-18(23-13)24-15-8-2-3-9-15)20(26)25-16-10-4-6-14-7-5-11-21-19(14)16/h4-7,10-12,15H,2-3,8-9H2,1H3,(H,25,26)(H,22,23,24). The van der Waals surface area contributed by atoms with Crippen LogP contribution in [0.3, 0.4) is 0 Å². The van der Waals surface area contributed by atoms with Gasteiger partial charge in [0.15, 0.2) is 0 Å². The number of para-hydroxylation sites is 1. The summed E-state index contributed by atoms with van der Waals surface area (Å²) in [6, 6.07) is 11.7. The molecular formula is C20H21N5O. The molecule has 0 saturated heterocycles. The van der Waals surface area contributed by atoms with Gasteiger partial charge in [0.2, 0.25) is 0 Å². The van der Waals surface area contributed by atoms with Crippen LogP contribution in [0, 0.1) is 6.92 Å². The minimum absolute atomic E-state index is 0.261. The second kappa shape index (κ2) is 7.07. The summed E-state index contributed by atoms with van der Waals surface area (Å²) in [6.07, 6.45) is 6.49. The van der Waals surface area contributed by atoms with E-state index in [0.29, 0.717) is 29.1 Å². The number of nitrogens with zero attached hydrogens (tertiary/aromatic N) is 3. The number of aromatic nitrogens is 3. The van der Waals surface area contributed by atoms with Crippen molar-refractivity contribution in [2.24, 2.45) is 0 Å². The molecule has 6 nitrogen and oxygen atoms in total. The average molecular weight is 347 g/mol. The molecule has 26 heavy (non-hydrogen) atoms. The van der Waals surface area contributed by atoms with Gasteiger partial charge in [-0.3, -0.25) is 9.78 Å². The molecule has 1 aliphatic rings. The van der Waals surface area contributed by atoms with Gasteiger partial charge in [-0.05, 0) is 31.9 Å². The fourth-order valence-corrected chi connectivity index (χ4v) is 3.43. The zero-order valence-electron chi connectivity index (χ0n) is 14.7. The van der Waals surface area contributed by atoms with Gasteiger partial charge in [-0.15, -0.1) is 0 Å². The number of pyridine rings is 1. The predicted octanol–water partition coefficient (Wildman–Crippen LogP) is 3.94.